The number of para-hydroxylation sites is 1. The Hall–Kier alpha value is -2.36. The van der Waals surface area contributed by atoms with Crippen molar-refractivity contribution in [3.8, 4) is 0 Å². The second-order valence-electron chi connectivity index (χ2n) is 3.62. The van der Waals surface area contributed by atoms with E-state index >= 15 is 0 Å². The van der Waals surface area contributed by atoms with E-state index in [9.17, 15) is 19.3 Å². The number of nitrogens with zero attached hydrogens (tertiary/aromatic N) is 4. The Balaban J connectivity index is 2.09. The molecule has 1 aromatic heterocycles. The molecule has 8 nitrogen and oxygen atoms in total. The standard InChI is InChI=1S/C10H7BrFN5O3/c11-9-14-10(17(19)20)15-16(9)5-8(18)13-7-4-2-1-3-6(7)12/h1-4H,5H2,(H,13,18). The summed E-state index contributed by atoms with van der Waals surface area (Å²) in [4.78, 5) is 24.9. The molecule has 104 valence electrons. The minimum absolute atomic E-state index is 0.0169. The Bertz CT molecular complexity index is 675. The normalized spacial score (nSPS) is 10.3. The van der Waals surface area contributed by atoms with E-state index < -0.39 is 22.6 Å². The summed E-state index contributed by atoms with van der Waals surface area (Å²) in [6, 6.07) is 5.65. The monoisotopic (exact) mass is 343 g/mol. The second kappa shape index (κ2) is 5.74. The number of benzene rings is 1. The summed E-state index contributed by atoms with van der Waals surface area (Å²) in [5.74, 6) is -1.80. The van der Waals surface area contributed by atoms with E-state index in [4.69, 9.17) is 0 Å². The van der Waals surface area contributed by atoms with Gasteiger partial charge >= 0.3 is 5.95 Å². The highest BCUT2D eigenvalue weighted by Crippen LogP contribution is 2.14. The molecule has 1 N–H and O–H groups in total. The van der Waals surface area contributed by atoms with Gasteiger partial charge in [0.2, 0.25) is 5.91 Å². The van der Waals surface area contributed by atoms with Crippen LogP contribution >= 0.6 is 15.9 Å². The van der Waals surface area contributed by atoms with Crippen molar-refractivity contribution in [1.29, 1.82) is 0 Å². The first-order chi connectivity index (χ1) is 9.47. The molecule has 20 heavy (non-hydrogen) atoms. The third kappa shape index (κ3) is 3.15. The van der Waals surface area contributed by atoms with Gasteiger partial charge in [-0.2, -0.15) is 4.68 Å². The van der Waals surface area contributed by atoms with Gasteiger partial charge in [-0.25, -0.2) is 4.39 Å². The molecule has 0 bridgehead atoms. The number of amides is 1. The third-order valence-electron chi connectivity index (χ3n) is 2.22. The van der Waals surface area contributed by atoms with Crippen molar-refractivity contribution >= 4 is 33.5 Å². The molecule has 0 aliphatic rings. The average Bonchev–Trinajstić information content (AvgIpc) is 2.74. The molecule has 0 atom stereocenters. The number of rotatable bonds is 4. The number of anilines is 1. The first-order valence-electron chi connectivity index (χ1n) is 5.26. The zero-order valence-corrected chi connectivity index (χ0v) is 11.4. The molecule has 0 saturated carbocycles. The van der Waals surface area contributed by atoms with E-state index in [-0.39, 0.29) is 17.0 Å². The molecule has 0 saturated heterocycles. The molecule has 0 spiro atoms. The van der Waals surface area contributed by atoms with Crippen molar-refractivity contribution in [2.45, 2.75) is 6.54 Å². The second-order valence-corrected chi connectivity index (χ2v) is 4.33. The summed E-state index contributed by atoms with van der Waals surface area (Å²) < 4.78 is 14.4. The number of nitro groups is 1. The number of carbonyl (C=O) groups is 1. The van der Waals surface area contributed by atoms with Crippen molar-refractivity contribution in [1.82, 2.24) is 14.8 Å². The molecule has 1 amide bonds. The van der Waals surface area contributed by atoms with E-state index in [1.165, 1.54) is 18.2 Å². The Kier molecular flexibility index (Phi) is 4.03. The largest absolute Gasteiger partial charge is 0.492 e. The Morgan fingerprint density at radius 3 is 2.80 bits per heavy atom. The van der Waals surface area contributed by atoms with E-state index in [1.54, 1.807) is 6.07 Å². The molecular formula is C10H7BrFN5O3. The fourth-order valence-corrected chi connectivity index (χ4v) is 1.74. The molecule has 0 aliphatic heterocycles. The summed E-state index contributed by atoms with van der Waals surface area (Å²) in [6.07, 6.45) is 0. The number of hydrogen-bond donors (Lipinski definition) is 1. The molecule has 2 rings (SSSR count). The number of aromatic nitrogens is 3. The van der Waals surface area contributed by atoms with Crippen molar-refractivity contribution in [3.63, 3.8) is 0 Å². The Labute approximate surface area is 119 Å². The van der Waals surface area contributed by atoms with E-state index in [1.807, 2.05) is 0 Å². The summed E-state index contributed by atoms with van der Waals surface area (Å²) in [5.41, 5.74) is 0.0169. The quantitative estimate of drug-likeness (QED) is 0.672. The van der Waals surface area contributed by atoms with Gasteiger partial charge in [0.1, 0.15) is 12.4 Å². The molecule has 0 unspecified atom stereocenters. The van der Waals surface area contributed by atoms with Crippen molar-refractivity contribution < 1.29 is 14.1 Å². The lowest BCUT2D eigenvalue weighted by Gasteiger charge is -2.04. The lowest BCUT2D eigenvalue weighted by atomic mass is 10.3. The van der Waals surface area contributed by atoms with Gasteiger partial charge in [-0.1, -0.05) is 12.1 Å². The summed E-state index contributed by atoms with van der Waals surface area (Å²) >= 11 is 2.94. The zero-order valence-electron chi connectivity index (χ0n) is 9.79. The first kappa shape index (κ1) is 14.1. The number of carbonyl (C=O) groups excluding carboxylic acids is 1. The lowest BCUT2D eigenvalue weighted by Crippen LogP contribution is -2.20. The lowest BCUT2D eigenvalue weighted by molar-refractivity contribution is -0.394. The van der Waals surface area contributed by atoms with Gasteiger partial charge in [0.05, 0.1) is 5.69 Å². The van der Waals surface area contributed by atoms with Crippen molar-refractivity contribution in [2.75, 3.05) is 5.32 Å². The van der Waals surface area contributed by atoms with E-state index in [2.05, 4.69) is 31.3 Å². The highest BCUT2D eigenvalue weighted by Gasteiger charge is 2.21. The van der Waals surface area contributed by atoms with Crippen molar-refractivity contribution in [3.05, 3.63) is 44.9 Å². The van der Waals surface area contributed by atoms with Crippen LogP contribution in [-0.4, -0.2) is 25.6 Å². The van der Waals surface area contributed by atoms with Gasteiger partial charge in [0, 0.05) is 21.0 Å². The topological polar surface area (TPSA) is 103 Å². The highest BCUT2D eigenvalue weighted by molar-refractivity contribution is 9.10. The van der Waals surface area contributed by atoms with Crippen LogP contribution in [0.3, 0.4) is 0 Å². The van der Waals surface area contributed by atoms with Gasteiger partial charge in [0.15, 0.2) is 0 Å². The zero-order chi connectivity index (χ0) is 14.7. The number of halogens is 2. The SMILES string of the molecule is O=C(Cn1nc([N+](=O)[O-])nc1Br)Nc1ccccc1F. The van der Waals surface area contributed by atoms with Gasteiger partial charge in [-0.3, -0.25) is 4.79 Å². The van der Waals surface area contributed by atoms with Crippen LogP contribution in [0.5, 0.6) is 0 Å². The summed E-state index contributed by atoms with van der Waals surface area (Å²) in [5, 5.41) is 16.3. The summed E-state index contributed by atoms with van der Waals surface area (Å²) in [6.45, 7) is -0.338. The van der Waals surface area contributed by atoms with Crippen LogP contribution in [0.2, 0.25) is 0 Å². The van der Waals surface area contributed by atoms with Gasteiger partial charge in [-0.05, 0) is 22.0 Å². The van der Waals surface area contributed by atoms with Gasteiger partial charge in [-0.15, -0.1) is 0 Å². The predicted molar refractivity (Wildman–Crippen MR) is 69.4 cm³/mol. The van der Waals surface area contributed by atoms with Gasteiger partial charge < -0.3 is 15.4 Å². The Morgan fingerprint density at radius 2 is 2.20 bits per heavy atom. The van der Waals surface area contributed by atoms with Crippen LogP contribution in [0.25, 0.3) is 0 Å². The van der Waals surface area contributed by atoms with Crippen LogP contribution in [0, 0.1) is 15.9 Å². The maximum atomic E-state index is 13.3. The van der Waals surface area contributed by atoms with E-state index in [0.29, 0.717) is 0 Å². The molecule has 2 aromatic rings. The molecule has 1 aromatic carbocycles. The van der Waals surface area contributed by atoms with Crippen LogP contribution < -0.4 is 5.32 Å². The van der Waals surface area contributed by atoms with Crippen molar-refractivity contribution in [2.24, 2.45) is 0 Å². The summed E-state index contributed by atoms with van der Waals surface area (Å²) in [7, 11) is 0. The third-order valence-corrected chi connectivity index (χ3v) is 2.81. The fourth-order valence-electron chi connectivity index (χ4n) is 1.38. The fraction of sp³-hybridized carbons (Fsp3) is 0.100. The molecule has 0 radical (unpaired) electrons. The maximum Gasteiger partial charge on any atom is 0.492 e. The first-order valence-corrected chi connectivity index (χ1v) is 6.06. The van der Waals surface area contributed by atoms with E-state index in [0.717, 1.165) is 4.68 Å². The minimum Gasteiger partial charge on any atom is -0.390 e. The predicted octanol–water partition coefficient (Wildman–Crippen LogP) is 1.73. The van der Waals surface area contributed by atoms with Crippen LogP contribution in [-0.2, 0) is 11.3 Å². The smallest absolute Gasteiger partial charge is 0.390 e. The number of nitrogens with one attached hydrogen (secondary N) is 1. The van der Waals surface area contributed by atoms with Crippen LogP contribution in [0.4, 0.5) is 16.0 Å². The van der Waals surface area contributed by atoms with Crippen LogP contribution in [0.15, 0.2) is 29.0 Å². The molecule has 0 aliphatic carbocycles. The molecule has 0 fully saturated rings. The minimum atomic E-state index is -0.782. The number of hydrogen-bond acceptors (Lipinski definition) is 5. The molecule has 1 heterocycles. The average molecular weight is 344 g/mol. The van der Waals surface area contributed by atoms with Gasteiger partial charge in [0.25, 0.3) is 4.73 Å². The molecule has 10 heteroatoms. The molecular weight excluding hydrogens is 337 g/mol. The Morgan fingerprint density at radius 1 is 1.50 bits per heavy atom. The van der Waals surface area contributed by atoms with Crippen LogP contribution in [0.1, 0.15) is 0 Å². The highest BCUT2D eigenvalue weighted by atomic mass is 79.9. The maximum absolute atomic E-state index is 13.3.